The minimum Gasteiger partial charge on any atom is -0.466 e. The Labute approximate surface area is 253 Å². The van der Waals surface area contributed by atoms with Gasteiger partial charge in [0.15, 0.2) is 0 Å². The molecule has 0 aromatic rings. The van der Waals surface area contributed by atoms with Crippen LogP contribution in [0.4, 0.5) is 0 Å². The molecule has 2 spiro atoms. The van der Waals surface area contributed by atoms with Crippen LogP contribution in [0.5, 0.6) is 0 Å². The van der Waals surface area contributed by atoms with Gasteiger partial charge in [-0.25, -0.2) is 4.79 Å². The highest BCUT2D eigenvalue weighted by Gasteiger charge is 2.79. The number of hydrogen-bond donors (Lipinski definition) is 1. The van der Waals surface area contributed by atoms with Crippen LogP contribution in [-0.4, -0.2) is 60.0 Å². The smallest absolute Gasteiger partial charge is 0.334 e. The average molecular weight is 597 g/mol. The number of hydrogen-bond acceptors (Lipinski definition) is 9. The molecule has 6 aliphatic rings. The molecular formula is C34H44O9. The van der Waals surface area contributed by atoms with E-state index in [9.17, 15) is 24.3 Å². The van der Waals surface area contributed by atoms with Crippen LogP contribution in [0.1, 0.15) is 80.1 Å². The summed E-state index contributed by atoms with van der Waals surface area (Å²) in [5.41, 5.74) is 2.89. The summed E-state index contributed by atoms with van der Waals surface area (Å²) < 4.78 is 23.3. The molecule has 2 bridgehead atoms. The van der Waals surface area contributed by atoms with Crippen molar-refractivity contribution in [3.05, 3.63) is 34.4 Å². The second-order valence-electron chi connectivity index (χ2n) is 14.1. The molecule has 0 amide bonds. The zero-order valence-corrected chi connectivity index (χ0v) is 26.1. The number of aliphatic hydroxyl groups is 1. The van der Waals surface area contributed by atoms with E-state index in [-0.39, 0.29) is 41.8 Å². The van der Waals surface area contributed by atoms with Crippen LogP contribution >= 0.6 is 0 Å². The van der Waals surface area contributed by atoms with E-state index in [4.69, 9.17) is 18.9 Å². The van der Waals surface area contributed by atoms with Gasteiger partial charge in [0, 0.05) is 49.0 Å². The van der Waals surface area contributed by atoms with Gasteiger partial charge in [0.1, 0.15) is 18.3 Å². The molecule has 2 saturated carbocycles. The number of aliphatic hydroxyl groups excluding tert-OH is 1. The second-order valence-corrected chi connectivity index (χ2v) is 14.1. The summed E-state index contributed by atoms with van der Waals surface area (Å²) in [6, 6.07) is 0. The summed E-state index contributed by atoms with van der Waals surface area (Å²) >= 11 is 0. The summed E-state index contributed by atoms with van der Waals surface area (Å²) in [7, 11) is 0. The van der Waals surface area contributed by atoms with Crippen LogP contribution in [0.3, 0.4) is 0 Å². The van der Waals surface area contributed by atoms with Gasteiger partial charge in [0.2, 0.25) is 0 Å². The van der Waals surface area contributed by atoms with Gasteiger partial charge in [-0.2, -0.15) is 0 Å². The summed E-state index contributed by atoms with van der Waals surface area (Å²) in [6.45, 7) is 15.4. The van der Waals surface area contributed by atoms with E-state index in [1.54, 1.807) is 0 Å². The maximum Gasteiger partial charge on any atom is 0.334 e. The van der Waals surface area contributed by atoms with Gasteiger partial charge in [0.25, 0.3) is 0 Å². The highest BCUT2D eigenvalue weighted by molar-refractivity contribution is 5.91. The molecule has 234 valence electrons. The first kappa shape index (κ1) is 30.1. The lowest BCUT2D eigenvalue weighted by Crippen LogP contribution is -2.50. The Morgan fingerprint density at radius 1 is 1.09 bits per heavy atom. The van der Waals surface area contributed by atoms with Crippen LogP contribution in [0.25, 0.3) is 0 Å². The lowest BCUT2D eigenvalue weighted by Gasteiger charge is -2.45. The second kappa shape index (κ2) is 10.3. The molecule has 9 heteroatoms. The summed E-state index contributed by atoms with van der Waals surface area (Å²) in [4.78, 5) is 50.6. The molecule has 2 aliphatic heterocycles. The summed E-state index contributed by atoms with van der Waals surface area (Å²) in [5, 5.41) is 12.2. The predicted octanol–water partition coefficient (Wildman–Crippen LogP) is 4.37. The highest BCUT2D eigenvalue weighted by Crippen LogP contribution is 2.76. The standard InChI is InChI=1S/C34H44O9/c1-15(9-8-10-40-20(6)35)26-16(2)11-25-28(29(26)37)34(32(39)43-25)14-33-17(3)12-24-22(18(4)31(38)42-24)13-23(33)19(5)27(34)30(33)41-21(7)36/h15,17,22,24-25,27-30,37H,4,8-14H2,1-3,5-7H3/t15-,17-,22+,24-,25+,27-,28+,29+,30?,33-,34?/m0/s1. The molecule has 4 aliphatic carbocycles. The maximum absolute atomic E-state index is 14.2. The average Bonchev–Trinajstić information content (AvgIpc) is 3.49. The van der Waals surface area contributed by atoms with Crippen LogP contribution < -0.4 is 0 Å². The van der Waals surface area contributed by atoms with Gasteiger partial charge < -0.3 is 24.1 Å². The first-order valence-electron chi connectivity index (χ1n) is 15.7. The zero-order valence-electron chi connectivity index (χ0n) is 26.1. The number of carbonyl (C=O) groups excluding carboxylic acids is 4. The lowest BCUT2D eigenvalue weighted by molar-refractivity contribution is -0.156. The van der Waals surface area contributed by atoms with E-state index < -0.39 is 46.9 Å². The molecule has 0 radical (unpaired) electrons. The number of carbonyl (C=O) groups is 4. The Balaban J connectivity index is 1.40. The fourth-order valence-electron chi connectivity index (χ4n) is 10.4. The van der Waals surface area contributed by atoms with Crippen molar-refractivity contribution in [2.75, 3.05) is 6.61 Å². The molecular weight excluding hydrogens is 552 g/mol. The number of ether oxygens (including phenoxy) is 4. The van der Waals surface area contributed by atoms with Crippen molar-refractivity contribution in [1.82, 2.24) is 0 Å². The lowest BCUT2D eigenvalue weighted by atomic mass is 9.55. The number of fused-ring (bicyclic) bond motifs is 5. The van der Waals surface area contributed by atoms with Gasteiger partial charge in [-0.3, -0.25) is 14.4 Å². The molecule has 4 fully saturated rings. The van der Waals surface area contributed by atoms with Crippen molar-refractivity contribution in [3.8, 4) is 0 Å². The molecule has 0 aromatic heterocycles. The molecule has 1 N–H and O–H groups in total. The van der Waals surface area contributed by atoms with Crippen LogP contribution in [-0.2, 0) is 38.1 Å². The Kier molecular flexibility index (Phi) is 7.22. The predicted molar refractivity (Wildman–Crippen MR) is 154 cm³/mol. The molecule has 6 rings (SSSR count). The van der Waals surface area contributed by atoms with Crippen molar-refractivity contribution >= 4 is 23.9 Å². The Bertz CT molecular complexity index is 1360. The summed E-state index contributed by atoms with van der Waals surface area (Å²) in [5.74, 6) is -2.51. The molecule has 2 unspecified atom stereocenters. The van der Waals surface area contributed by atoms with E-state index in [1.165, 1.54) is 13.8 Å². The third kappa shape index (κ3) is 4.12. The molecule has 11 atom stereocenters. The quantitative estimate of drug-likeness (QED) is 0.156. The van der Waals surface area contributed by atoms with Gasteiger partial charge >= 0.3 is 23.9 Å². The fourth-order valence-corrected chi connectivity index (χ4v) is 10.4. The molecule has 2 saturated heterocycles. The van der Waals surface area contributed by atoms with Crippen molar-refractivity contribution in [2.24, 2.45) is 40.4 Å². The maximum atomic E-state index is 14.2. The van der Waals surface area contributed by atoms with Crippen molar-refractivity contribution in [1.29, 1.82) is 0 Å². The zero-order chi connectivity index (χ0) is 31.2. The molecule has 9 nitrogen and oxygen atoms in total. The highest BCUT2D eigenvalue weighted by atomic mass is 16.6. The van der Waals surface area contributed by atoms with E-state index in [0.29, 0.717) is 44.3 Å². The Hall–Kier alpha value is -2.94. The topological polar surface area (TPSA) is 125 Å². The number of rotatable bonds is 6. The monoisotopic (exact) mass is 596 g/mol. The normalized spacial score (nSPS) is 41.9. The molecule has 43 heavy (non-hydrogen) atoms. The van der Waals surface area contributed by atoms with Gasteiger partial charge in [-0.1, -0.05) is 37.1 Å². The van der Waals surface area contributed by atoms with Crippen LogP contribution in [0, 0.1) is 40.4 Å². The first-order valence-corrected chi connectivity index (χ1v) is 15.7. The Morgan fingerprint density at radius 2 is 1.81 bits per heavy atom. The van der Waals surface area contributed by atoms with E-state index in [0.717, 1.165) is 28.7 Å². The molecule has 0 aromatic carbocycles. The Morgan fingerprint density at radius 3 is 2.49 bits per heavy atom. The van der Waals surface area contributed by atoms with Gasteiger partial charge in [-0.05, 0) is 63.4 Å². The SMILES string of the molecule is C=C1C(=O)O[C@H]2C[C@H](C)[C@@]34CC5(C(=O)O[C@@H]6CC(C)=C([C@@H](C)CCCOC(C)=O)[C@@H](O)[C@@H]65)[C@@H](C(C)=C3C[C@H]12)C4OC(C)=O. The largest absolute Gasteiger partial charge is 0.466 e. The van der Waals surface area contributed by atoms with Gasteiger partial charge in [-0.15, -0.1) is 0 Å². The van der Waals surface area contributed by atoms with E-state index in [1.807, 2.05) is 13.8 Å². The fraction of sp³-hybridized carbons (Fsp3) is 0.706. The third-order valence-electron chi connectivity index (χ3n) is 12.0. The first-order chi connectivity index (χ1) is 20.2. The van der Waals surface area contributed by atoms with E-state index >= 15 is 0 Å². The van der Waals surface area contributed by atoms with Crippen molar-refractivity contribution in [3.63, 3.8) is 0 Å². The van der Waals surface area contributed by atoms with Crippen LogP contribution in [0.15, 0.2) is 34.4 Å². The van der Waals surface area contributed by atoms with Crippen molar-refractivity contribution < 1.29 is 43.2 Å². The van der Waals surface area contributed by atoms with Crippen LogP contribution in [0.2, 0.25) is 0 Å². The van der Waals surface area contributed by atoms with Crippen molar-refractivity contribution in [2.45, 2.75) is 104 Å². The minimum atomic E-state index is -1.05. The minimum absolute atomic E-state index is 0.0179. The molecule has 2 heterocycles. The number of esters is 4. The van der Waals surface area contributed by atoms with Gasteiger partial charge in [0.05, 0.1) is 18.1 Å². The third-order valence-corrected chi connectivity index (χ3v) is 12.0. The van der Waals surface area contributed by atoms with E-state index in [2.05, 4.69) is 20.4 Å². The summed E-state index contributed by atoms with van der Waals surface area (Å²) in [6.07, 6.45) is 1.25.